The van der Waals surface area contributed by atoms with Gasteiger partial charge in [0.05, 0.1) is 12.8 Å². The highest BCUT2D eigenvalue weighted by Crippen LogP contribution is 2.38. The minimum atomic E-state index is -0.608. The van der Waals surface area contributed by atoms with Crippen molar-refractivity contribution >= 4 is 11.8 Å². The highest BCUT2D eigenvalue weighted by molar-refractivity contribution is 5.89. The SMILES string of the molecule is CON1C(=O)OC(C)(C)c2ccccc21. The van der Waals surface area contributed by atoms with Gasteiger partial charge in [0.2, 0.25) is 0 Å². The van der Waals surface area contributed by atoms with E-state index in [-0.39, 0.29) is 0 Å². The van der Waals surface area contributed by atoms with E-state index in [4.69, 9.17) is 9.57 Å². The second-order valence-corrected chi connectivity index (χ2v) is 3.87. The van der Waals surface area contributed by atoms with Crippen molar-refractivity contribution in [1.29, 1.82) is 0 Å². The lowest BCUT2D eigenvalue weighted by Crippen LogP contribution is -2.42. The van der Waals surface area contributed by atoms with Crippen molar-refractivity contribution in [3.8, 4) is 0 Å². The molecular weight excluding hydrogens is 194 g/mol. The largest absolute Gasteiger partial charge is 0.439 e. The molecule has 80 valence electrons. The molecule has 1 aliphatic rings. The standard InChI is InChI=1S/C11H13NO3/c1-11(2)8-6-4-5-7-9(8)12(14-3)10(13)15-11/h4-7H,1-3H3. The third-order valence-electron chi connectivity index (χ3n) is 2.46. The highest BCUT2D eigenvalue weighted by Gasteiger charge is 2.38. The zero-order valence-electron chi connectivity index (χ0n) is 8.98. The predicted octanol–water partition coefficient (Wildman–Crippen LogP) is 2.44. The van der Waals surface area contributed by atoms with E-state index in [0.29, 0.717) is 0 Å². The number of rotatable bonds is 1. The van der Waals surface area contributed by atoms with Crippen LogP contribution in [0, 0.1) is 0 Å². The molecule has 1 aromatic carbocycles. The molecule has 2 rings (SSSR count). The van der Waals surface area contributed by atoms with Crippen LogP contribution >= 0.6 is 0 Å². The molecule has 0 saturated heterocycles. The summed E-state index contributed by atoms with van der Waals surface area (Å²) in [6, 6.07) is 7.53. The fourth-order valence-electron chi connectivity index (χ4n) is 1.75. The monoisotopic (exact) mass is 207 g/mol. The van der Waals surface area contributed by atoms with Gasteiger partial charge in [-0.3, -0.25) is 4.84 Å². The van der Waals surface area contributed by atoms with E-state index in [0.717, 1.165) is 16.3 Å². The van der Waals surface area contributed by atoms with Crippen molar-refractivity contribution in [2.45, 2.75) is 19.4 Å². The molecule has 0 saturated carbocycles. The van der Waals surface area contributed by atoms with Crippen LogP contribution in [-0.4, -0.2) is 13.2 Å². The molecule has 1 heterocycles. The van der Waals surface area contributed by atoms with Gasteiger partial charge in [-0.25, -0.2) is 4.79 Å². The molecule has 1 aliphatic heterocycles. The zero-order chi connectivity index (χ0) is 11.1. The average molecular weight is 207 g/mol. The van der Waals surface area contributed by atoms with Gasteiger partial charge in [0, 0.05) is 5.56 Å². The van der Waals surface area contributed by atoms with E-state index in [1.165, 1.54) is 7.11 Å². The second-order valence-electron chi connectivity index (χ2n) is 3.87. The number of hydroxylamine groups is 1. The molecule has 0 aromatic heterocycles. The summed E-state index contributed by atoms with van der Waals surface area (Å²) < 4.78 is 5.27. The number of fused-ring (bicyclic) bond motifs is 1. The van der Waals surface area contributed by atoms with E-state index in [2.05, 4.69) is 0 Å². The van der Waals surface area contributed by atoms with Crippen molar-refractivity contribution in [2.24, 2.45) is 0 Å². The Balaban J connectivity index is 2.58. The smallest absolute Gasteiger partial charge is 0.437 e. The quantitative estimate of drug-likeness (QED) is 0.710. The predicted molar refractivity (Wildman–Crippen MR) is 55.4 cm³/mol. The van der Waals surface area contributed by atoms with Crippen LogP contribution in [0.3, 0.4) is 0 Å². The number of para-hydroxylation sites is 1. The van der Waals surface area contributed by atoms with Crippen molar-refractivity contribution in [1.82, 2.24) is 0 Å². The third-order valence-corrected chi connectivity index (χ3v) is 2.46. The molecule has 0 fully saturated rings. The Morgan fingerprint density at radius 3 is 2.67 bits per heavy atom. The summed E-state index contributed by atoms with van der Waals surface area (Å²) in [4.78, 5) is 16.6. The maximum Gasteiger partial charge on any atom is 0.439 e. The number of nitrogens with zero attached hydrogens (tertiary/aromatic N) is 1. The number of benzene rings is 1. The maximum atomic E-state index is 11.6. The molecule has 4 nitrogen and oxygen atoms in total. The molecule has 0 radical (unpaired) electrons. The fourth-order valence-corrected chi connectivity index (χ4v) is 1.75. The third kappa shape index (κ3) is 1.47. The van der Waals surface area contributed by atoms with E-state index in [1.807, 2.05) is 38.1 Å². The van der Waals surface area contributed by atoms with E-state index in [9.17, 15) is 4.79 Å². The summed E-state index contributed by atoms with van der Waals surface area (Å²) in [7, 11) is 1.44. The van der Waals surface area contributed by atoms with Gasteiger partial charge in [-0.05, 0) is 19.9 Å². The summed E-state index contributed by atoms with van der Waals surface area (Å²) in [6.07, 6.45) is -0.485. The van der Waals surface area contributed by atoms with Crippen LogP contribution in [0.5, 0.6) is 0 Å². The molecule has 0 atom stereocenters. The molecule has 1 aromatic rings. The van der Waals surface area contributed by atoms with E-state index in [1.54, 1.807) is 0 Å². The number of amides is 1. The Kier molecular flexibility index (Phi) is 2.16. The van der Waals surface area contributed by atoms with Gasteiger partial charge < -0.3 is 4.74 Å². The van der Waals surface area contributed by atoms with Crippen molar-refractivity contribution in [3.05, 3.63) is 29.8 Å². The van der Waals surface area contributed by atoms with E-state index >= 15 is 0 Å². The van der Waals surface area contributed by atoms with Gasteiger partial charge >= 0.3 is 6.09 Å². The first-order valence-corrected chi connectivity index (χ1v) is 4.73. The van der Waals surface area contributed by atoms with Crippen LogP contribution in [0.4, 0.5) is 10.5 Å². The topological polar surface area (TPSA) is 38.8 Å². The van der Waals surface area contributed by atoms with Crippen LogP contribution < -0.4 is 5.06 Å². The fraction of sp³-hybridized carbons (Fsp3) is 0.364. The van der Waals surface area contributed by atoms with E-state index < -0.39 is 11.7 Å². The molecule has 15 heavy (non-hydrogen) atoms. The average Bonchev–Trinajstić information content (AvgIpc) is 2.17. The Morgan fingerprint density at radius 2 is 2.00 bits per heavy atom. The van der Waals surface area contributed by atoms with Gasteiger partial charge in [-0.1, -0.05) is 18.2 Å². The van der Waals surface area contributed by atoms with Gasteiger partial charge in [-0.2, -0.15) is 5.06 Å². The molecule has 0 unspecified atom stereocenters. The lowest BCUT2D eigenvalue weighted by molar-refractivity contribution is 0.00777. The molecule has 0 spiro atoms. The van der Waals surface area contributed by atoms with Gasteiger partial charge in [-0.15, -0.1) is 0 Å². The molecule has 1 amide bonds. The van der Waals surface area contributed by atoms with Gasteiger partial charge in [0.1, 0.15) is 5.60 Å². The summed E-state index contributed by atoms with van der Waals surface area (Å²) in [5.74, 6) is 0. The number of cyclic esters (lactones) is 1. The first kappa shape index (κ1) is 9.98. The Morgan fingerprint density at radius 1 is 1.33 bits per heavy atom. The number of carbonyl (C=O) groups excluding carboxylic acids is 1. The zero-order valence-corrected chi connectivity index (χ0v) is 8.98. The van der Waals surface area contributed by atoms with Crippen molar-refractivity contribution < 1.29 is 14.4 Å². The minimum absolute atomic E-state index is 0.485. The van der Waals surface area contributed by atoms with Crippen molar-refractivity contribution in [3.63, 3.8) is 0 Å². The van der Waals surface area contributed by atoms with Crippen molar-refractivity contribution in [2.75, 3.05) is 12.2 Å². The van der Waals surface area contributed by atoms with Gasteiger partial charge in [0.25, 0.3) is 0 Å². The molecular formula is C11H13NO3. The molecule has 0 N–H and O–H groups in total. The van der Waals surface area contributed by atoms with Crippen LogP contribution in [0.2, 0.25) is 0 Å². The Labute approximate surface area is 88.4 Å². The van der Waals surface area contributed by atoms with Crippen LogP contribution in [0.25, 0.3) is 0 Å². The summed E-state index contributed by atoms with van der Waals surface area (Å²) in [6.45, 7) is 3.72. The molecule has 4 heteroatoms. The summed E-state index contributed by atoms with van der Waals surface area (Å²) in [5, 5.41) is 1.15. The maximum absolute atomic E-state index is 11.6. The first-order valence-electron chi connectivity index (χ1n) is 4.73. The number of carbonyl (C=O) groups is 1. The first-order chi connectivity index (χ1) is 7.06. The normalized spacial score (nSPS) is 18.3. The van der Waals surface area contributed by atoms with Gasteiger partial charge in [0.15, 0.2) is 0 Å². The number of ether oxygens (including phenoxy) is 1. The summed E-state index contributed by atoms with van der Waals surface area (Å²) in [5.41, 5.74) is 1.07. The Bertz CT molecular complexity index is 401. The number of anilines is 1. The highest BCUT2D eigenvalue weighted by atomic mass is 16.7. The second kappa shape index (κ2) is 3.24. The lowest BCUT2D eigenvalue weighted by atomic mass is 9.95. The number of hydrogen-bond acceptors (Lipinski definition) is 3. The van der Waals surface area contributed by atoms with Crippen LogP contribution in [0.1, 0.15) is 19.4 Å². The number of hydrogen-bond donors (Lipinski definition) is 0. The minimum Gasteiger partial charge on any atom is -0.437 e. The Hall–Kier alpha value is -1.55. The van der Waals surface area contributed by atoms with Crippen LogP contribution in [-0.2, 0) is 15.2 Å². The molecule has 0 bridgehead atoms. The van der Waals surface area contributed by atoms with Crippen LogP contribution in [0.15, 0.2) is 24.3 Å². The lowest BCUT2D eigenvalue weighted by Gasteiger charge is -2.36. The summed E-state index contributed by atoms with van der Waals surface area (Å²) >= 11 is 0. The molecule has 0 aliphatic carbocycles.